The Morgan fingerprint density at radius 2 is 2.21 bits per heavy atom. The Hall–Kier alpha value is -1.55. The molecule has 7 nitrogen and oxygen atoms in total. The minimum Gasteiger partial charge on any atom is -0.497 e. The predicted molar refractivity (Wildman–Crippen MR) is 124 cm³/mol. The van der Waals surface area contributed by atoms with Gasteiger partial charge in [-0.25, -0.2) is 4.99 Å². The first-order valence-electron chi connectivity index (χ1n) is 9.79. The van der Waals surface area contributed by atoms with Gasteiger partial charge in [0.1, 0.15) is 5.75 Å². The van der Waals surface area contributed by atoms with E-state index in [-0.39, 0.29) is 35.8 Å². The van der Waals surface area contributed by atoms with Gasteiger partial charge in [0.2, 0.25) is 5.91 Å². The number of ether oxygens (including phenoxy) is 1. The molecule has 1 amide bonds. The highest BCUT2D eigenvalue weighted by Gasteiger charge is 2.23. The molecule has 1 aliphatic heterocycles. The van der Waals surface area contributed by atoms with E-state index in [0.29, 0.717) is 6.54 Å². The monoisotopic (exact) mass is 503 g/mol. The summed E-state index contributed by atoms with van der Waals surface area (Å²) in [5.74, 6) is 1.50. The van der Waals surface area contributed by atoms with E-state index in [1.54, 1.807) is 7.11 Å². The van der Waals surface area contributed by atoms with Crippen LogP contribution in [0.2, 0.25) is 0 Å². The molecule has 0 aliphatic carbocycles. The average Bonchev–Trinajstić information content (AvgIpc) is 2.69. The molecular formula is C20H34IN5O2. The maximum atomic E-state index is 11.4. The summed E-state index contributed by atoms with van der Waals surface area (Å²) in [4.78, 5) is 18.3. The minimum atomic E-state index is -0.170. The van der Waals surface area contributed by atoms with Crippen molar-refractivity contribution in [2.24, 2.45) is 16.6 Å². The fraction of sp³-hybridized carbons (Fsp3) is 0.600. The van der Waals surface area contributed by atoms with Crippen molar-refractivity contribution in [1.29, 1.82) is 0 Å². The summed E-state index contributed by atoms with van der Waals surface area (Å²) in [6, 6.07) is 7.95. The second-order valence-corrected chi connectivity index (χ2v) is 6.87. The molecule has 28 heavy (non-hydrogen) atoms. The van der Waals surface area contributed by atoms with Crippen molar-refractivity contribution in [3.63, 3.8) is 0 Å². The number of halogens is 1. The Labute approximate surface area is 185 Å². The number of piperidine rings is 1. The molecule has 1 aromatic carbocycles. The van der Waals surface area contributed by atoms with E-state index in [1.807, 2.05) is 24.3 Å². The van der Waals surface area contributed by atoms with E-state index in [1.165, 1.54) is 0 Å². The number of aliphatic imine (C=N–C) groups is 1. The number of hydrogen-bond donors (Lipinski definition) is 3. The number of guanidine groups is 1. The molecule has 1 saturated heterocycles. The van der Waals surface area contributed by atoms with Crippen LogP contribution in [0.1, 0.15) is 31.7 Å². The highest BCUT2D eigenvalue weighted by atomic mass is 127. The van der Waals surface area contributed by atoms with Crippen molar-refractivity contribution in [2.45, 2.75) is 32.7 Å². The molecule has 8 heteroatoms. The van der Waals surface area contributed by atoms with Crippen LogP contribution < -0.4 is 21.1 Å². The lowest BCUT2D eigenvalue weighted by atomic mass is 9.97. The van der Waals surface area contributed by atoms with Gasteiger partial charge in [0.05, 0.1) is 19.6 Å². The third-order valence-corrected chi connectivity index (χ3v) is 4.75. The first-order valence-corrected chi connectivity index (χ1v) is 9.79. The molecule has 0 bridgehead atoms. The van der Waals surface area contributed by atoms with Crippen LogP contribution in [0.4, 0.5) is 0 Å². The summed E-state index contributed by atoms with van der Waals surface area (Å²) in [6.07, 6.45) is 2.96. The number of carbonyl (C=O) groups excluding carboxylic acids is 1. The van der Waals surface area contributed by atoms with Crippen LogP contribution in [0.25, 0.3) is 0 Å². The van der Waals surface area contributed by atoms with Crippen LogP contribution in [0.15, 0.2) is 29.3 Å². The van der Waals surface area contributed by atoms with Crippen molar-refractivity contribution < 1.29 is 9.53 Å². The molecular weight excluding hydrogens is 469 g/mol. The van der Waals surface area contributed by atoms with Crippen molar-refractivity contribution in [3.8, 4) is 5.75 Å². The Kier molecular flexibility index (Phi) is 11.9. The highest BCUT2D eigenvalue weighted by Crippen LogP contribution is 2.16. The molecule has 0 radical (unpaired) electrons. The number of benzene rings is 1. The number of nitrogens with zero attached hydrogens (tertiary/aromatic N) is 2. The second kappa shape index (κ2) is 13.6. The molecule has 1 heterocycles. The molecule has 1 fully saturated rings. The van der Waals surface area contributed by atoms with Crippen molar-refractivity contribution in [2.75, 3.05) is 39.8 Å². The number of nitrogens with one attached hydrogen (secondary N) is 2. The van der Waals surface area contributed by atoms with Gasteiger partial charge in [-0.15, -0.1) is 24.0 Å². The van der Waals surface area contributed by atoms with Crippen molar-refractivity contribution >= 4 is 35.8 Å². The van der Waals surface area contributed by atoms with E-state index in [0.717, 1.165) is 69.3 Å². The number of methoxy groups -OCH3 is 1. The van der Waals surface area contributed by atoms with Gasteiger partial charge in [-0.1, -0.05) is 12.1 Å². The maximum absolute atomic E-state index is 11.4. The maximum Gasteiger partial charge on any atom is 0.221 e. The molecule has 1 aromatic rings. The molecule has 0 saturated carbocycles. The summed E-state index contributed by atoms with van der Waals surface area (Å²) in [6.45, 7) is 7.11. The lowest BCUT2D eigenvalue weighted by molar-refractivity contribution is -0.123. The molecule has 0 aromatic heterocycles. The number of rotatable bonds is 9. The molecule has 1 atom stereocenters. The zero-order chi connectivity index (χ0) is 19.5. The summed E-state index contributed by atoms with van der Waals surface area (Å²) in [5, 5.41) is 6.66. The standard InChI is InChI=1S/C20H33N5O2.HI/c1-3-22-20(24-14-16-7-4-9-18(13-16)27-2)23-10-6-12-25-11-5-8-17(15-25)19(21)26;/h4,7,9,13,17H,3,5-6,8,10-12,14-15H2,1-2H3,(H2,21,26)(H2,22,23,24);1H. The van der Waals surface area contributed by atoms with Gasteiger partial charge in [-0.3, -0.25) is 4.79 Å². The predicted octanol–water partition coefficient (Wildman–Crippen LogP) is 1.96. The van der Waals surface area contributed by atoms with E-state index in [9.17, 15) is 4.79 Å². The van der Waals surface area contributed by atoms with Gasteiger partial charge in [-0.2, -0.15) is 0 Å². The first kappa shape index (κ1) is 24.5. The third kappa shape index (κ3) is 8.64. The zero-order valence-corrected chi connectivity index (χ0v) is 19.3. The minimum absolute atomic E-state index is 0. The van der Waals surface area contributed by atoms with E-state index in [2.05, 4.69) is 27.4 Å². The van der Waals surface area contributed by atoms with E-state index >= 15 is 0 Å². The summed E-state index contributed by atoms with van der Waals surface area (Å²) >= 11 is 0. The Balaban J connectivity index is 0.00000392. The lowest BCUT2D eigenvalue weighted by Gasteiger charge is -2.31. The second-order valence-electron chi connectivity index (χ2n) is 6.87. The topological polar surface area (TPSA) is 92.0 Å². The lowest BCUT2D eigenvalue weighted by Crippen LogP contribution is -2.43. The van der Waals surface area contributed by atoms with Crippen LogP contribution in [-0.4, -0.2) is 56.6 Å². The molecule has 2 rings (SSSR count). The van der Waals surface area contributed by atoms with Gasteiger partial charge in [-0.05, 0) is 57.0 Å². The fourth-order valence-corrected chi connectivity index (χ4v) is 3.28. The molecule has 0 spiro atoms. The van der Waals surface area contributed by atoms with E-state index in [4.69, 9.17) is 10.5 Å². The van der Waals surface area contributed by atoms with Crippen LogP contribution in [0.5, 0.6) is 5.75 Å². The number of hydrogen-bond acceptors (Lipinski definition) is 4. The van der Waals surface area contributed by atoms with Crippen LogP contribution >= 0.6 is 24.0 Å². The van der Waals surface area contributed by atoms with Gasteiger partial charge in [0.25, 0.3) is 0 Å². The van der Waals surface area contributed by atoms with Crippen LogP contribution in [-0.2, 0) is 11.3 Å². The number of carbonyl (C=O) groups is 1. The Morgan fingerprint density at radius 1 is 1.39 bits per heavy atom. The number of likely N-dealkylation sites (tertiary alicyclic amines) is 1. The third-order valence-electron chi connectivity index (χ3n) is 4.75. The smallest absolute Gasteiger partial charge is 0.221 e. The van der Waals surface area contributed by atoms with Gasteiger partial charge >= 0.3 is 0 Å². The summed E-state index contributed by atoms with van der Waals surface area (Å²) in [7, 11) is 1.67. The largest absolute Gasteiger partial charge is 0.497 e. The molecule has 4 N–H and O–H groups in total. The summed E-state index contributed by atoms with van der Waals surface area (Å²) in [5.41, 5.74) is 6.56. The van der Waals surface area contributed by atoms with Gasteiger partial charge in [0.15, 0.2) is 5.96 Å². The quantitative estimate of drug-likeness (QED) is 0.208. The van der Waals surface area contributed by atoms with Crippen molar-refractivity contribution in [3.05, 3.63) is 29.8 Å². The SMILES string of the molecule is CCNC(=NCc1cccc(OC)c1)NCCCN1CCCC(C(N)=O)C1.I. The number of amides is 1. The van der Waals surface area contributed by atoms with Crippen LogP contribution in [0, 0.1) is 5.92 Å². The van der Waals surface area contributed by atoms with E-state index < -0.39 is 0 Å². The molecule has 1 unspecified atom stereocenters. The highest BCUT2D eigenvalue weighted by molar-refractivity contribution is 14.0. The summed E-state index contributed by atoms with van der Waals surface area (Å²) < 4.78 is 5.26. The average molecular weight is 503 g/mol. The fourth-order valence-electron chi connectivity index (χ4n) is 3.28. The van der Waals surface area contributed by atoms with Crippen molar-refractivity contribution in [1.82, 2.24) is 15.5 Å². The normalized spacial score (nSPS) is 17.5. The number of primary amides is 1. The Bertz CT molecular complexity index is 626. The molecule has 158 valence electrons. The van der Waals surface area contributed by atoms with Crippen LogP contribution in [0.3, 0.4) is 0 Å². The van der Waals surface area contributed by atoms with Gasteiger partial charge in [0, 0.05) is 19.6 Å². The first-order chi connectivity index (χ1) is 13.1. The molecule has 1 aliphatic rings. The van der Waals surface area contributed by atoms with Gasteiger partial charge < -0.3 is 26.0 Å². The number of nitrogens with two attached hydrogens (primary N) is 1. The Morgan fingerprint density at radius 3 is 2.93 bits per heavy atom. The zero-order valence-electron chi connectivity index (χ0n) is 16.9.